The van der Waals surface area contributed by atoms with Crippen LogP contribution in [0.2, 0.25) is 5.02 Å². The standard InChI is InChI=1S/C26H19ClFNO3/c1-14-11-15(2)21-20(12-14)32-25-22(24(21)30)23(16-7-9-18(28)10-8-16)29(26(25)31)13-17-5-3-4-6-19(17)27/h3-12,23H,13H2,1-2H3. The zero-order valence-electron chi connectivity index (χ0n) is 17.5. The molecule has 0 N–H and O–H groups in total. The van der Waals surface area contributed by atoms with Crippen LogP contribution < -0.4 is 5.43 Å². The Morgan fingerprint density at radius 3 is 2.47 bits per heavy atom. The van der Waals surface area contributed by atoms with Crippen LogP contribution in [0.5, 0.6) is 0 Å². The molecule has 0 aliphatic carbocycles. The number of aryl methyl sites for hydroxylation is 2. The van der Waals surface area contributed by atoms with Crippen molar-refractivity contribution in [2.75, 3.05) is 0 Å². The van der Waals surface area contributed by atoms with Crippen molar-refractivity contribution in [3.8, 4) is 0 Å². The summed E-state index contributed by atoms with van der Waals surface area (Å²) in [7, 11) is 0. The number of benzene rings is 3. The molecule has 4 aromatic rings. The highest BCUT2D eigenvalue weighted by Gasteiger charge is 2.43. The van der Waals surface area contributed by atoms with E-state index >= 15 is 0 Å². The topological polar surface area (TPSA) is 50.5 Å². The third kappa shape index (κ3) is 3.21. The number of amides is 1. The monoisotopic (exact) mass is 447 g/mol. The summed E-state index contributed by atoms with van der Waals surface area (Å²) >= 11 is 6.36. The number of nitrogens with zero attached hydrogens (tertiary/aromatic N) is 1. The smallest absolute Gasteiger partial charge is 0.291 e. The van der Waals surface area contributed by atoms with E-state index < -0.39 is 17.8 Å². The van der Waals surface area contributed by atoms with Gasteiger partial charge in [0.25, 0.3) is 5.91 Å². The first kappa shape index (κ1) is 20.5. The van der Waals surface area contributed by atoms with Crippen molar-refractivity contribution in [1.29, 1.82) is 0 Å². The van der Waals surface area contributed by atoms with E-state index in [1.165, 1.54) is 12.1 Å². The molecule has 1 atom stereocenters. The van der Waals surface area contributed by atoms with Crippen molar-refractivity contribution in [1.82, 2.24) is 4.90 Å². The Kier molecular flexibility index (Phi) is 4.86. The fourth-order valence-corrected chi connectivity index (χ4v) is 4.67. The quantitative estimate of drug-likeness (QED) is 0.390. The summed E-state index contributed by atoms with van der Waals surface area (Å²) in [5.74, 6) is -0.769. The maximum absolute atomic E-state index is 13.7. The minimum absolute atomic E-state index is 0.0221. The minimum Gasteiger partial charge on any atom is -0.450 e. The van der Waals surface area contributed by atoms with Gasteiger partial charge in [-0.15, -0.1) is 0 Å². The average molecular weight is 448 g/mol. The maximum atomic E-state index is 13.7. The Balaban J connectivity index is 1.76. The van der Waals surface area contributed by atoms with Gasteiger partial charge in [0, 0.05) is 11.6 Å². The molecule has 6 heteroatoms. The lowest BCUT2D eigenvalue weighted by Crippen LogP contribution is -2.29. The van der Waals surface area contributed by atoms with Gasteiger partial charge in [-0.05, 0) is 60.4 Å². The van der Waals surface area contributed by atoms with Crippen molar-refractivity contribution in [3.63, 3.8) is 0 Å². The van der Waals surface area contributed by atoms with E-state index in [1.807, 2.05) is 38.1 Å². The number of carbonyl (C=O) groups is 1. The predicted octanol–water partition coefficient (Wildman–Crippen LogP) is 5.95. The summed E-state index contributed by atoms with van der Waals surface area (Å²) in [6.45, 7) is 3.94. The first-order chi connectivity index (χ1) is 15.3. The zero-order chi connectivity index (χ0) is 22.6. The van der Waals surface area contributed by atoms with E-state index in [1.54, 1.807) is 29.2 Å². The van der Waals surface area contributed by atoms with Gasteiger partial charge >= 0.3 is 0 Å². The second-order valence-electron chi connectivity index (χ2n) is 8.11. The Hall–Kier alpha value is -3.44. The van der Waals surface area contributed by atoms with Crippen LogP contribution in [0.4, 0.5) is 4.39 Å². The largest absolute Gasteiger partial charge is 0.450 e. The van der Waals surface area contributed by atoms with Gasteiger partial charge in [-0.3, -0.25) is 9.59 Å². The van der Waals surface area contributed by atoms with Gasteiger partial charge in [-0.1, -0.05) is 48.0 Å². The summed E-state index contributed by atoms with van der Waals surface area (Å²) in [6.07, 6.45) is 0. The van der Waals surface area contributed by atoms with E-state index in [0.29, 0.717) is 21.6 Å². The van der Waals surface area contributed by atoms with E-state index in [4.69, 9.17) is 16.0 Å². The third-order valence-electron chi connectivity index (χ3n) is 5.90. The zero-order valence-corrected chi connectivity index (χ0v) is 18.2. The van der Waals surface area contributed by atoms with Crippen molar-refractivity contribution in [2.45, 2.75) is 26.4 Å². The molecule has 5 rings (SSSR count). The molecule has 2 heterocycles. The highest BCUT2D eigenvalue weighted by molar-refractivity contribution is 6.31. The second-order valence-corrected chi connectivity index (χ2v) is 8.51. The summed E-state index contributed by atoms with van der Waals surface area (Å²) in [6, 6.07) is 16.0. The fourth-order valence-electron chi connectivity index (χ4n) is 4.48. The summed E-state index contributed by atoms with van der Waals surface area (Å²) in [5, 5.41) is 0.971. The van der Waals surface area contributed by atoms with Gasteiger partial charge in [-0.25, -0.2) is 4.39 Å². The van der Waals surface area contributed by atoms with Gasteiger partial charge < -0.3 is 9.32 Å². The van der Waals surface area contributed by atoms with Crippen molar-refractivity contribution in [3.05, 3.63) is 115 Å². The normalized spacial score (nSPS) is 15.4. The second kappa shape index (κ2) is 7.61. The fraction of sp³-hybridized carbons (Fsp3) is 0.154. The predicted molar refractivity (Wildman–Crippen MR) is 122 cm³/mol. The number of halogens is 2. The van der Waals surface area contributed by atoms with Crippen LogP contribution in [0.15, 0.2) is 69.9 Å². The van der Waals surface area contributed by atoms with Crippen LogP contribution in [0, 0.1) is 19.7 Å². The highest BCUT2D eigenvalue weighted by atomic mass is 35.5. The first-order valence-electron chi connectivity index (χ1n) is 10.2. The molecule has 0 saturated heterocycles. The Morgan fingerprint density at radius 1 is 1.03 bits per heavy atom. The van der Waals surface area contributed by atoms with Crippen LogP contribution in [0.1, 0.15) is 44.4 Å². The first-order valence-corrected chi connectivity index (χ1v) is 10.6. The molecule has 0 spiro atoms. The van der Waals surface area contributed by atoms with Gasteiger partial charge in [-0.2, -0.15) is 0 Å². The molecular formula is C26H19ClFNO3. The number of rotatable bonds is 3. The SMILES string of the molecule is Cc1cc(C)c2c(=O)c3c(oc2c1)C(=O)N(Cc1ccccc1Cl)C3c1ccc(F)cc1. The van der Waals surface area contributed by atoms with E-state index in [2.05, 4.69) is 0 Å². The molecule has 4 nitrogen and oxygen atoms in total. The van der Waals surface area contributed by atoms with Gasteiger partial charge in [0.2, 0.25) is 5.76 Å². The summed E-state index contributed by atoms with van der Waals surface area (Å²) < 4.78 is 19.7. The number of fused-ring (bicyclic) bond motifs is 2. The lowest BCUT2D eigenvalue weighted by molar-refractivity contribution is 0.0714. The van der Waals surface area contributed by atoms with Crippen LogP contribution in [0.25, 0.3) is 11.0 Å². The average Bonchev–Trinajstić information content (AvgIpc) is 3.02. The summed E-state index contributed by atoms with van der Waals surface area (Å²) in [5.41, 5.74) is 3.50. The van der Waals surface area contributed by atoms with Gasteiger partial charge in [0.15, 0.2) is 5.43 Å². The molecule has 0 saturated carbocycles. The molecule has 1 aromatic heterocycles. The molecule has 1 amide bonds. The molecule has 0 radical (unpaired) electrons. The maximum Gasteiger partial charge on any atom is 0.291 e. The molecule has 32 heavy (non-hydrogen) atoms. The molecule has 0 bridgehead atoms. The van der Waals surface area contributed by atoms with E-state index in [-0.39, 0.29) is 23.3 Å². The van der Waals surface area contributed by atoms with Crippen LogP contribution in [-0.2, 0) is 6.54 Å². The lowest BCUT2D eigenvalue weighted by atomic mass is 9.96. The number of hydrogen-bond donors (Lipinski definition) is 0. The van der Waals surface area contributed by atoms with Gasteiger partial charge in [0.1, 0.15) is 11.4 Å². The van der Waals surface area contributed by atoms with Crippen LogP contribution in [-0.4, -0.2) is 10.8 Å². The van der Waals surface area contributed by atoms with Crippen molar-refractivity contribution < 1.29 is 13.6 Å². The van der Waals surface area contributed by atoms with E-state index in [9.17, 15) is 14.0 Å². The molecule has 1 aliphatic heterocycles. The molecular weight excluding hydrogens is 429 g/mol. The molecule has 1 unspecified atom stereocenters. The number of carbonyl (C=O) groups excluding carboxylic acids is 1. The summed E-state index contributed by atoms with van der Waals surface area (Å²) in [4.78, 5) is 28.7. The molecule has 160 valence electrons. The Labute approximate surface area is 188 Å². The molecule has 3 aromatic carbocycles. The van der Waals surface area contributed by atoms with Crippen molar-refractivity contribution >= 4 is 28.5 Å². The minimum atomic E-state index is -0.712. The van der Waals surface area contributed by atoms with Crippen LogP contribution >= 0.6 is 11.6 Å². The van der Waals surface area contributed by atoms with Crippen LogP contribution in [0.3, 0.4) is 0 Å². The lowest BCUT2D eigenvalue weighted by Gasteiger charge is -2.25. The van der Waals surface area contributed by atoms with Crippen molar-refractivity contribution in [2.24, 2.45) is 0 Å². The molecule has 0 fully saturated rings. The molecule has 1 aliphatic rings. The third-order valence-corrected chi connectivity index (χ3v) is 6.27. The highest BCUT2D eigenvalue weighted by Crippen LogP contribution is 2.40. The van der Waals surface area contributed by atoms with Gasteiger partial charge in [0.05, 0.1) is 17.0 Å². The Bertz CT molecular complexity index is 1440. The van der Waals surface area contributed by atoms with E-state index in [0.717, 1.165) is 16.7 Å². The number of hydrogen-bond acceptors (Lipinski definition) is 3. The Morgan fingerprint density at radius 2 is 1.75 bits per heavy atom.